The first-order valence-electron chi connectivity index (χ1n) is 3.73. The van der Waals surface area contributed by atoms with Crippen molar-refractivity contribution in [1.29, 1.82) is 0 Å². The van der Waals surface area contributed by atoms with Gasteiger partial charge < -0.3 is 5.32 Å². The number of hydrogen-bond acceptors (Lipinski definition) is 3. The van der Waals surface area contributed by atoms with E-state index in [1.807, 2.05) is 22.6 Å². The predicted molar refractivity (Wildman–Crippen MR) is 60.1 cm³/mol. The summed E-state index contributed by atoms with van der Waals surface area (Å²) in [7, 11) is 0. The molecular weight excluding hydrogens is 299 g/mol. The molecule has 0 saturated heterocycles. The number of benzene rings is 1. The number of nitrogens with zero attached hydrogens (tertiary/aromatic N) is 1. The van der Waals surface area contributed by atoms with Crippen molar-refractivity contribution in [2.24, 2.45) is 0 Å². The quantitative estimate of drug-likeness (QED) is 0.517. The van der Waals surface area contributed by atoms with Gasteiger partial charge in [-0.25, -0.2) is 0 Å². The summed E-state index contributed by atoms with van der Waals surface area (Å²) >= 11 is 1.83. The highest BCUT2D eigenvalue weighted by Gasteiger charge is 2.14. The number of rotatable bonds is 2. The van der Waals surface area contributed by atoms with Crippen LogP contribution in [0.5, 0.6) is 0 Å². The zero-order valence-electron chi connectivity index (χ0n) is 7.28. The van der Waals surface area contributed by atoms with Gasteiger partial charge in [0.05, 0.1) is 10.6 Å². The number of carbonyl (C=O) groups excluding carboxylic acids is 1. The molecule has 0 saturated carbocycles. The Bertz CT molecular complexity index is 392. The molecule has 0 aliphatic carbocycles. The molecule has 0 spiro atoms. The molecule has 0 bridgehead atoms. The standard InChI is InChI=1S/C8H7IN2O3/c1-5(12)10-6-3-2-4-7(8(6)9)11(13)14/h2-4H,1H3,(H,10,12). The predicted octanol–water partition coefficient (Wildman–Crippen LogP) is 2.16. The van der Waals surface area contributed by atoms with E-state index in [1.165, 1.54) is 19.1 Å². The molecule has 1 aromatic rings. The molecule has 0 unspecified atom stereocenters. The Hall–Kier alpha value is -1.18. The lowest BCUT2D eigenvalue weighted by atomic mass is 10.3. The highest BCUT2D eigenvalue weighted by atomic mass is 127. The zero-order chi connectivity index (χ0) is 10.7. The SMILES string of the molecule is CC(=O)Nc1cccc([N+](=O)[O-])c1I. The van der Waals surface area contributed by atoms with Crippen molar-refractivity contribution in [2.75, 3.05) is 5.32 Å². The second kappa shape index (κ2) is 4.36. The van der Waals surface area contributed by atoms with Crippen molar-refractivity contribution in [3.63, 3.8) is 0 Å². The van der Waals surface area contributed by atoms with Crippen molar-refractivity contribution in [1.82, 2.24) is 0 Å². The molecule has 0 fully saturated rings. The number of carbonyl (C=O) groups is 1. The summed E-state index contributed by atoms with van der Waals surface area (Å²) < 4.78 is 0.435. The van der Waals surface area contributed by atoms with Crippen LogP contribution in [0.15, 0.2) is 18.2 Å². The molecule has 1 amide bonds. The number of nitrogens with one attached hydrogen (secondary N) is 1. The molecule has 74 valence electrons. The molecule has 1 aromatic carbocycles. The number of halogens is 1. The molecule has 0 aromatic heterocycles. The van der Waals surface area contributed by atoms with Crippen molar-refractivity contribution in [3.8, 4) is 0 Å². The normalized spacial score (nSPS) is 9.57. The van der Waals surface area contributed by atoms with Crippen LogP contribution in [0.4, 0.5) is 11.4 Å². The third-order valence-corrected chi connectivity index (χ3v) is 2.62. The number of hydrogen-bond donors (Lipinski definition) is 1. The maximum Gasteiger partial charge on any atom is 0.284 e. The Labute approximate surface area is 93.8 Å². The molecular formula is C8H7IN2O3. The average Bonchev–Trinajstić information content (AvgIpc) is 2.07. The van der Waals surface area contributed by atoms with Crippen LogP contribution in [0.3, 0.4) is 0 Å². The van der Waals surface area contributed by atoms with Crippen LogP contribution in [0.25, 0.3) is 0 Å². The molecule has 0 aliphatic rings. The summed E-state index contributed by atoms with van der Waals surface area (Å²) in [6, 6.07) is 4.55. The van der Waals surface area contributed by atoms with Gasteiger partial charge in [0.2, 0.25) is 5.91 Å². The summed E-state index contributed by atoms with van der Waals surface area (Å²) in [6.07, 6.45) is 0. The lowest BCUT2D eigenvalue weighted by molar-refractivity contribution is -0.385. The number of nitro groups is 1. The zero-order valence-corrected chi connectivity index (χ0v) is 9.44. The van der Waals surface area contributed by atoms with Gasteiger partial charge in [0, 0.05) is 13.0 Å². The maximum atomic E-state index is 10.8. The number of amides is 1. The van der Waals surface area contributed by atoms with Gasteiger partial charge >= 0.3 is 0 Å². The lowest BCUT2D eigenvalue weighted by Crippen LogP contribution is -2.07. The van der Waals surface area contributed by atoms with Crippen LogP contribution >= 0.6 is 22.6 Å². The number of nitro benzene ring substituents is 1. The van der Waals surface area contributed by atoms with E-state index >= 15 is 0 Å². The summed E-state index contributed by atoms with van der Waals surface area (Å²) in [5, 5.41) is 13.1. The fraction of sp³-hybridized carbons (Fsp3) is 0.125. The van der Waals surface area contributed by atoms with E-state index in [1.54, 1.807) is 6.07 Å². The van der Waals surface area contributed by atoms with E-state index in [2.05, 4.69) is 5.32 Å². The molecule has 14 heavy (non-hydrogen) atoms. The topological polar surface area (TPSA) is 72.2 Å². The maximum absolute atomic E-state index is 10.8. The third kappa shape index (κ3) is 2.41. The summed E-state index contributed by atoms with van der Waals surface area (Å²) in [5.74, 6) is -0.247. The van der Waals surface area contributed by atoms with Crippen molar-refractivity contribution in [2.45, 2.75) is 6.92 Å². The van der Waals surface area contributed by atoms with Crippen LogP contribution in [0, 0.1) is 13.7 Å². The Balaban J connectivity index is 3.13. The highest BCUT2D eigenvalue weighted by Crippen LogP contribution is 2.27. The van der Waals surface area contributed by atoms with Gasteiger partial charge in [-0.3, -0.25) is 14.9 Å². The van der Waals surface area contributed by atoms with Crippen LogP contribution in [0.1, 0.15) is 6.92 Å². The van der Waals surface area contributed by atoms with E-state index in [0.717, 1.165) is 0 Å². The van der Waals surface area contributed by atoms with Crippen molar-refractivity contribution >= 4 is 39.9 Å². The monoisotopic (exact) mass is 306 g/mol. The van der Waals surface area contributed by atoms with E-state index < -0.39 is 4.92 Å². The minimum Gasteiger partial charge on any atom is -0.325 e. The summed E-state index contributed by atoms with van der Waals surface area (Å²) in [6.45, 7) is 1.36. The minimum atomic E-state index is -0.479. The van der Waals surface area contributed by atoms with E-state index in [-0.39, 0.29) is 11.6 Å². The average molecular weight is 306 g/mol. The van der Waals surface area contributed by atoms with E-state index in [9.17, 15) is 14.9 Å². The Kier molecular flexibility index (Phi) is 3.39. The highest BCUT2D eigenvalue weighted by molar-refractivity contribution is 14.1. The fourth-order valence-corrected chi connectivity index (χ4v) is 1.64. The summed E-state index contributed by atoms with van der Waals surface area (Å²) in [5.41, 5.74) is 0.462. The molecule has 0 radical (unpaired) electrons. The molecule has 0 aliphatic heterocycles. The number of anilines is 1. The van der Waals surface area contributed by atoms with Crippen molar-refractivity contribution < 1.29 is 9.72 Å². The lowest BCUT2D eigenvalue weighted by Gasteiger charge is -2.04. The van der Waals surface area contributed by atoms with Crippen LogP contribution in [0.2, 0.25) is 0 Å². The van der Waals surface area contributed by atoms with Gasteiger partial charge in [0.15, 0.2) is 0 Å². The van der Waals surface area contributed by atoms with Gasteiger partial charge in [-0.05, 0) is 28.7 Å². The van der Waals surface area contributed by atoms with Gasteiger partial charge in [-0.15, -0.1) is 0 Å². The van der Waals surface area contributed by atoms with E-state index in [0.29, 0.717) is 9.26 Å². The van der Waals surface area contributed by atoms with Crippen LogP contribution < -0.4 is 5.32 Å². The smallest absolute Gasteiger partial charge is 0.284 e. The summed E-state index contributed by atoms with van der Waals surface area (Å²) in [4.78, 5) is 20.8. The Morgan fingerprint density at radius 1 is 1.57 bits per heavy atom. The fourth-order valence-electron chi connectivity index (χ4n) is 0.947. The minimum absolute atomic E-state index is 0.00292. The largest absolute Gasteiger partial charge is 0.325 e. The van der Waals surface area contributed by atoms with Crippen LogP contribution in [-0.4, -0.2) is 10.8 Å². The van der Waals surface area contributed by atoms with Gasteiger partial charge in [0.25, 0.3) is 5.69 Å². The molecule has 5 nitrogen and oxygen atoms in total. The van der Waals surface area contributed by atoms with Gasteiger partial charge in [-0.1, -0.05) is 6.07 Å². The molecule has 6 heteroatoms. The van der Waals surface area contributed by atoms with Gasteiger partial charge in [-0.2, -0.15) is 0 Å². The molecule has 0 atom stereocenters. The first kappa shape index (κ1) is 10.9. The van der Waals surface area contributed by atoms with Crippen molar-refractivity contribution in [3.05, 3.63) is 31.9 Å². The van der Waals surface area contributed by atoms with E-state index in [4.69, 9.17) is 0 Å². The third-order valence-electron chi connectivity index (χ3n) is 1.49. The first-order valence-corrected chi connectivity index (χ1v) is 4.80. The first-order chi connectivity index (χ1) is 6.52. The van der Waals surface area contributed by atoms with Crippen LogP contribution in [-0.2, 0) is 4.79 Å². The Morgan fingerprint density at radius 2 is 2.21 bits per heavy atom. The molecule has 1 N–H and O–H groups in total. The van der Waals surface area contributed by atoms with Gasteiger partial charge in [0.1, 0.15) is 3.57 Å². The Morgan fingerprint density at radius 3 is 2.71 bits per heavy atom. The molecule has 0 heterocycles. The second-order valence-corrected chi connectivity index (χ2v) is 3.66. The molecule has 1 rings (SSSR count). The second-order valence-electron chi connectivity index (χ2n) is 2.58.